The fraction of sp³-hybridized carbons (Fsp3) is 0.647. The van der Waals surface area contributed by atoms with Crippen LogP contribution in [0.1, 0.15) is 50.5 Å². The summed E-state index contributed by atoms with van der Waals surface area (Å²) in [4.78, 5) is 0. The molecule has 2 aliphatic rings. The largest absolute Gasteiger partial charge is 0.313 e. The Labute approximate surface area is 111 Å². The Bertz CT molecular complexity index is 364. The molecular weight excluding hydrogens is 218 g/mol. The van der Waals surface area contributed by atoms with Crippen LogP contribution in [-0.4, -0.2) is 12.6 Å². The molecule has 1 saturated heterocycles. The van der Waals surface area contributed by atoms with Gasteiger partial charge >= 0.3 is 0 Å². The molecule has 1 heterocycles. The molecule has 98 valence electrons. The molecule has 0 amide bonds. The molecule has 1 aliphatic carbocycles. The Morgan fingerprint density at radius 2 is 1.67 bits per heavy atom. The second kappa shape index (κ2) is 5.44. The van der Waals surface area contributed by atoms with Gasteiger partial charge < -0.3 is 5.32 Å². The van der Waals surface area contributed by atoms with Crippen LogP contribution in [0.15, 0.2) is 30.3 Å². The van der Waals surface area contributed by atoms with Crippen LogP contribution in [0.2, 0.25) is 0 Å². The zero-order valence-electron chi connectivity index (χ0n) is 11.4. The average molecular weight is 243 g/mol. The third-order valence-electron chi connectivity index (χ3n) is 5.06. The number of nitrogens with one attached hydrogen (secondary N) is 1. The topological polar surface area (TPSA) is 12.0 Å². The van der Waals surface area contributed by atoms with Gasteiger partial charge in [-0.25, -0.2) is 0 Å². The summed E-state index contributed by atoms with van der Waals surface area (Å²) in [6.07, 6.45) is 7.06. The van der Waals surface area contributed by atoms with Crippen molar-refractivity contribution in [3.05, 3.63) is 35.9 Å². The number of hydrogen-bond donors (Lipinski definition) is 1. The fourth-order valence-electron chi connectivity index (χ4n) is 3.94. The molecule has 1 aromatic carbocycles. The van der Waals surface area contributed by atoms with Crippen LogP contribution in [0.25, 0.3) is 0 Å². The van der Waals surface area contributed by atoms with E-state index >= 15 is 0 Å². The van der Waals surface area contributed by atoms with Crippen molar-refractivity contribution in [1.82, 2.24) is 5.32 Å². The Morgan fingerprint density at radius 3 is 2.39 bits per heavy atom. The maximum absolute atomic E-state index is 3.79. The summed E-state index contributed by atoms with van der Waals surface area (Å²) in [5.74, 6) is 2.62. The Morgan fingerprint density at radius 1 is 0.944 bits per heavy atom. The van der Waals surface area contributed by atoms with Gasteiger partial charge in [0.25, 0.3) is 0 Å². The minimum atomic E-state index is 0.736. The molecule has 1 heteroatoms. The molecular formula is C17H25N. The molecule has 0 aromatic heterocycles. The molecule has 1 N–H and O–H groups in total. The molecule has 0 spiro atoms. The van der Waals surface area contributed by atoms with Crippen LogP contribution in [0.4, 0.5) is 0 Å². The van der Waals surface area contributed by atoms with E-state index in [0.717, 1.165) is 23.8 Å². The minimum absolute atomic E-state index is 0.736. The Hall–Kier alpha value is -0.820. The first-order valence-corrected chi connectivity index (χ1v) is 7.63. The van der Waals surface area contributed by atoms with Crippen LogP contribution in [-0.2, 0) is 0 Å². The van der Waals surface area contributed by atoms with E-state index in [1.54, 1.807) is 5.56 Å². The summed E-state index contributed by atoms with van der Waals surface area (Å²) in [5.41, 5.74) is 1.55. The maximum atomic E-state index is 3.79. The van der Waals surface area contributed by atoms with Gasteiger partial charge in [-0.2, -0.15) is 0 Å². The molecule has 1 saturated carbocycles. The number of benzene rings is 1. The van der Waals surface area contributed by atoms with Gasteiger partial charge in [-0.15, -0.1) is 0 Å². The van der Waals surface area contributed by atoms with Crippen molar-refractivity contribution in [2.45, 2.75) is 51.0 Å². The highest BCUT2D eigenvalue weighted by Crippen LogP contribution is 2.39. The predicted octanol–water partition coefficient (Wildman–Crippen LogP) is 3.96. The summed E-state index contributed by atoms with van der Waals surface area (Å²) < 4.78 is 0. The van der Waals surface area contributed by atoms with Gasteiger partial charge in [-0.05, 0) is 43.2 Å². The second-order valence-electron chi connectivity index (χ2n) is 6.31. The Kier molecular flexibility index (Phi) is 3.69. The quantitative estimate of drug-likeness (QED) is 0.829. The van der Waals surface area contributed by atoms with Crippen molar-refractivity contribution in [1.29, 1.82) is 0 Å². The zero-order chi connectivity index (χ0) is 12.4. The maximum Gasteiger partial charge on any atom is 0.0164 e. The monoisotopic (exact) mass is 243 g/mol. The van der Waals surface area contributed by atoms with Crippen molar-refractivity contribution in [3.63, 3.8) is 0 Å². The van der Waals surface area contributed by atoms with Gasteiger partial charge in [0.1, 0.15) is 0 Å². The van der Waals surface area contributed by atoms with Crippen LogP contribution in [0, 0.1) is 11.8 Å². The van der Waals surface area contributed by atoms with Gasteiger partial charge in [0.2, 0.25) is 0 Å². The third-order valence-corrected chi connectivity index (χ3v) is 5.06. The summed E-state index contributed by atoms with van der Waals surface area (Å²) in [6.45, 7) is 3.61. The molecule has 1 nitrogen and oxygen atoms in total. The number of hydrogen-bond acceptors (Lipinski definition) is 1. The lowest BCUT2D eigenvalue weighted by Gasteiger charge is -2.34. The lowest BCUT2D eigenvalue weighted by atomic mass is 9.75. The van der Waals surface area contributed by atoms with Crippen LogP contribution in [0.5, 0.6) is 0 Å². The summed E-state index contributed by atoms with van der Waals surface area (Å²) in [5, 5.41) is 3.79. The van der Waals surface area contributed by atoms with E-state index in [0.29, 0.717) is 0 Å². The molecule has 0 radical (unpaired) electrons. The van der Waals surface area contributed by atoms with Gasteiger partial charge in [0.05, 0.1) is 0 Å². The highest BCUT2D eigenvalue weighted by molar-refractivity contribution is 5.23. The normalized spacial score (nSPS) is 36.7. The molecule has 0 bridgehead atoms. The molecule has 2 atom stereocenters. The lowest BCUT2D eigenvalue weighted by molar-refractivity contribution is 0.232. The highest BCUT2D eigenvalue weighted by Gasteiger charge is 2.35. The first kappa shape index (κ1) is 12.2. The predicted molar refractivity (Wildman–Crippen MR) is 76.7 cm³/mol. The van der Waals surface area contributed by atoms with E-state index < -0.39 is 0 Å². The van der Waals surface area contributed by atoms with Crippen molar-refractivity contribution in [2.24, 2.45) is 11.8 Å². The third kappa shape index (κ3) is 2.47. The molecule has 2 fully saturated rings. The first-order valence-electron chi connectivity index (χ1n) is 7.63. The Balaban J connectivity index is 1.71. The van der Waals surface area contributed by atoms with E-state index in [1.807, 2.05) is 0 Å². The molecule has 2 unspecified atom stereocenters. The second-order valence-corrected chi connectivity index (χ2v) is 6.31. The summed E-state index contributed by atoms with van der Waals surface area (Å²) >= 11 is 0. The fourth-order valence-corrected chi connectivity index (χ4v) is 3.94. The average Bonchev–Trinajstić information content (AvgIpc) is 2.90. The van der Waals surface area contributed by atoms with Crippen molar-refractivity contribution < 1.29 is 0 Å². The lowest BCUT2D eigenvalue weighted by Crippen LogP contribution is -2.36. The van der Waals surface area contributed by atoms with E-state index in [2.05, 4.69) is 42.6 Å². The molecule has 1 aliphatic heterocycles. The van der Waals surface area contributed by atoms with Crippen LogP contribution in [0.3, 0.4) is 0 Å². The van der Waals surface area contributed by atoms with E-state index in [-0.39, 0.29) is 0 Å². The molecule has 3 rings (SSSR count). The standard InChI is InChI=1S/C17H25N/c1-13-7-9-15(10-8-13)17-16(11-12-18-17)14-5-3-2-4-6-14/h2-6,13,15-18H,7-12H2,1H3. The summed E-state index contributed by atoms with van der Waals surface area (Å²) in [7, 11) is 0. The minimum Gasteiger partial charge on any atom is -0.313 e. The number of rotatable bonds is 2. The van der Waals surface area contributed by atoms with Gasteiger partial charge in [0.15, 0.2) is 0 Å². The SMILES string of the molecule is CC1CCC(C2NCCC2c2ccccc2)CC1. The zero-order valence-corrected chi connectivity index (χ0v) is 11.4. The van der Waals surface area contributed by atoms with Crippen molar-refractivity contribution in [2.75, 3.05) is 6.54 Å². The highest BCUT2D eigenvalue weighted by atomic mass is 15.0. The van der Waals surface area contributed by atoms with Crippen LogP contribution >= 0.6 is 0 Å². The summed E-state index contributed by atoms with van der Waals surface area (Å²) in [6, 6.07) is 11.9. The van der Waals surface area contributed by atoms with Crippen molar-refractivity contribution >= 4 is 0 Å². The molecule has 18 heavy (non-hydrogen) atoms. The van der Waals surface area contributed by atoms with Crippen LogP contribution < -0.4 is 5.32 Å². The van der Waals surface area contributed by atoms with E-state index in [9.17, 15) is 0 Å². The van der Waals surface area contributed by atoms with Gasteiger partial charge in [0, 0.05) is 12.0 Å². The van der Waals surface area contributed by atoms with E-state index in [1.165, 1.54) is 38.6 Å². The smallest absolute Gasteiger partial charge is 0.0164 e. The van der Waals surface area contributed by atoms with E-state index in [4.69, 9.17) is 0 Å². The van der Waals surface area contributed by atoms with Gasteiger partial charge in [-0.1, -0.05) is 50.1 Å². The molecule has 1 aromatic rings. The van der Waals surface area contributed by atoms with Gasteiger partial charge in [-0.3, -0.25) is 0 Å². The first-order chi connectivity index (χ1) is 8.84. The van der Waals surface area contributed by atoms with Crippen molar-refractivity contribution in [3.8, 4) is 0 Å².